The van der Waals surface area contributed by atoms with Gasteiger partial charge in [0.05, 0.1) is 13.7 Å². The van der Waals surface area contributed by atoms with E-state index < -0.39 is 18.3 Å². The summed E-state index contributed by atoms with van der Waals surface area (Å²) in [5.74, 6) is 0.509. The molecule has 0 unspecified atom stereocenters. The molecule has 6 heteroatoms. The fourth-order valence-electron chi connectivity index (χ4n) is 2.22. The summed E-state index contributed by atoms with van der Waals surface area (Å²) in [7, 11) is 6.11. The number of aryl methyl sites for hydroxylation is 1. The van der Waals surface area contributed by atoms with Crippen molar-refractivity contribution >= 4 is 5.69 Å². The van der Waals surface area contributed by atoms with E-state index in [-0.39, 0.29) is 6.61 Å². The van der Waals surface area contributed by atoms with Crippen LogP contribution in [0.5, 0.6) is 0 Å². The first-order chi connectivity index (χ1) is 11.1. The van der Waals surface area contributed by atoms with Crippen LogP contribution in [0.25, 0.3) is 0 Å². The number of hydrogen-bond acceptors (Lipinski definition) is 6. The fraction of sp³-hybridized carbons (Fsp3) is 0.529. The molecule has 0 aliphatic rings. The highest BCUT2D eigenvalue weighted by atomic mass is 16.6. The van der Waals surface area contributed by atoms with Crippen molar-refractivity contribution in [1.82, 2.24) is 0 Å². The van der Waals surface area contributed by atoms with Gasteiger partial charge in [-0.05, 0) is 19.1 Å². The first kappa shape index (κ1) is 19.4. The molecule has 0 saturated heterocycles. The van der Waals surface area contributed by atoms with Crippen LogP contribution in [0, 0.1) is 6.92 Å². The van der Waals surface area contributed by atoms with Gasteiger partial charge in [-0.2, -0.15) is 0 Å². The third-order valence-electron chi connectivity index (χ3n) is 3.49. The van der Waals surface area contributed by atoms with Crippen LogP contribution in [0.15, 0.2) is 36.2 Å². The Balaban J connectivity index is 2.89. The summed E-state index contributed by atoms with van der Waals surface area (Å²) in [4.78, 5) is 0. The van der Waals surface area contributed by atoms with E-state index in [2.05, 4.69) is 5.32 Å². The van der Waals surface area contributed by atoms with E-state index in [0.29, 0.717) is 5.76 Å². The van der Waals surface area contributed by atoms with Gasteiger partial charge in [-0.15, -0.1) is 0 Å². The first-order valence-corrected chi connectivity index (χ1v) is 7.37. The van der Waals surface area contributed by atoms with Gasteiger partial charge in [0, 0.05) is 33.2 Å². The largest absolute Gasteiger partial charge is 0.497 e. The maximum Gasteiger partial charge on any atom is 0.144 e. The third kappa shape index (κ3) is 5.84. The number of benzene rings is 1. The van der Waals surface area contributed by atoms with Crippen molar-refractivity contribution in [2.24, 2.45) is 0 Å². The normalized spacial score (nSPS) is 15.8. The number of ether oxygens (including phenoxy) is 4. The van der Waals surface area contributed by atoms with E-state index >= 15 is 0 Å². The average Bonchev–Trinajstić information content (AvgIpc) is 2.56. The standard InChI is InChI=1S/C17H27NO5/c1-12-6-8-13(9-7-12)18-10-15(21-3)17(23-5)16(22-4)14(19)11-20-2/h6-10,14,16-19H,11H2,1-5H3/b15-10-/t14-,16+,17-/m1/s1. The van der Waals surface area contributed by atoms with Crippen LogP contribution in [-0.4, -0.2) is 58.5 Å². The van der Waals surface area contributed by atoms with Crippen LogP contribution < -0.4 is 5.32 Å². The predicted molar refractivity (Wildman–Crippen MR) is 89.4 cm³/mol. The van der Waals surface area contributed by atoms with Crippen molar-refractivity contribution in [2.45, 2.75) is 25.2 Å². The van der Waals surface area contributed by atoms with Crippen LogP contribution in [0.4, 0.5) is 5.69 Å². The lowest BCUT2D eigenvalue weighted by Crippen LogP contribution is -2.43. The fourth-order valence-corrected chi connectivity index (χ4v) is 2.22. The van der Waals surface area contributed by atoms with Gasteiger partial charge in [0.25, 0.3) is 0 Å². The first-order valence-electron chi connectivity index (χ1n) is 7.37. The maximum atomic E-state index is 10.1. The topological polar surface area (TPSA) is 69.2 Å². The summed E-state index contributed by atoms with van der Waals surface area (Å²) < 4.78 is 21.2. The minimum atomic E-state index is -0.840. The van der Waals surface area contributed by atoms with Crippen molar-refractivity contribution in [3.8, 4) is 0 Å². The van der Waals surface area contributed by atoms with Gasteiger partial charge in [0.1, 0.15) is 24.1 Å². The number of anilines is 1. The highest BCUT2D eigenvalue weighted by Crippen LogP contribution is 2.18. The molecule has 3 atom stereocenters. The molecule has 1 aromatic carbocycles. The second-order valence-corrected chi connectivity index (χ2v) is 5.14. The summed E-state index contributed by atoms with van der Waals surface area (Å²) in [6, 6.07) is 7.95. The molecule has 0 bridgehead atoms. The quantitative estimate of drug-likeness (QED) is 0.641. The molecule has 1 aromatic rings. The average molecular weight is 325 g/mol. The van der Waals surface area contributed by atoms with Crippen molar-refractivity contribution < 1.29 is 24.1 Å². The maximum absolute atomic E-state index is 10.1. The summed E-state index contributed by atoms with van der Waals surface area (Å²) in [6.07, 6.45) is -0.336. The molecule has 0 saturated carbocycles. The summed E-state index contributed by atoms with van der Waals surface area (Å²) >= 11 is 0. The lowest BCUT2D eigenvalue weighted by atomic mass is 10.1. The second-order valence-electron chi connectivity index (χ2n) is 5.14. The Bertz CT molecular complexity index is 474. The Labute approximate surface area is 138 Å². The molecular formula is C17H27NO5. The summed E-state index contributed by atoms with van der Waals surface area (Å²) in [5.41, 5.74) is 2.11. The molecule has 1 rings (SSSR count). The molecule has 0 radical (unpaired) electrons. The summed E-state index contributed by atoms with van der Waals surface area (Å²) in [6.45, 7) is 2.17. The van der Waals surface area contributed by atoms with Gasteiger partial charge in [-0.3, -0.25) is 0 Å². The van der Waals surface area contributed by atoms with E-state index in [4.69, 9.17) is 18.9 Å². The van der Waals surface area contributed by atoms with Gasteiger partial charge < -0.3 is 29.4 Å². The molecule has 0 amide bonds. The van der Waals surface area contributed by atoms with Gasteiger partial charge in [0.15, 0.2) is 0 Å². The van der Waals surface area contributed by atoms with Crippen molar-refractivity contribution in [3.05, 3.63) is 41.8 Å². The van der Waals surface area contributed by atoms with Gasteiger partial charge in [-0.1, -0.05) is 17.7 Å². The van der Waals surface area contributed by atoms with Crippen molar-refractivity contribution in [3.63, 3.8) is 0 Å². The van der Waals surface area contributed by atoms with Crippen molar-refractivity contribution in [2.75, 3.05) is 40.4 Å². The smallest absolute Gasteiger partial charge is 0.144 e. The molecule has 2 N–H and O–H groups in total. The SMILES string of the molecule is COC[C@@H](O)[C@H](OC)[C@H](OC)/C(=C/Nc1ccc(C)cc1)OC. The molecule has 6 nitrogen and oxygen atoms in total. The van der Waals surface area contributed by atoms with E-state index in [1.54, 1.807) is 13.3 Å². The zero-order valence-corrected chi connectivity index (χ0v) is 14.4. The molecule has 0 heterocycles. The lowest BCUT2D eigenvalue weighted by Gasteiger charge is -2.29. The highest BCUT2D eigenvalue weighted by Gasteiger charge is 2.32. The van der Waals surface area contributed by atoms with Gasteiger partial charge in [0.2, 0.25) is 0 Å². The number of methoxy groups -OCH3 is 4. The molecule has 0 aliphatic carbocycles. The number of rotatable bonds is 10. The Kier molecular flexibility index (Phi) is 8.65. The highest BCUT2D eigenvalue weighted by molar-refractivity contribution is 5.47. The van der Waals surface area contributed by atoms with E-state index in [1.165, 1.54) is 26.9 Å². The minimum absolute atomic E-state index is 0.140. The third-order valence-corrected chi connectivity index (χ3v) is 3.49. The van der Waals surface area contributed by atoms with Crippen LogP contribution in [-0.2, 0) is 18.9 Å². The van der Waals surface area contributed by atoms with E-state index in [1.807, 2.05) is 31.2 Å². The van der Waals surface area contributed by atoms with Crippen LogP contribution in [0.2, 0.25) is 0 Å². The van der Waals surface area contributed by atoms with Crippen LogP contribution in [0.1, 0.15) is 5.56 Å². The zero-order valence-electron chi connectivity index (χ0n) is 14.4. The van der Waals surface area contributed by atoms with Crippen molar-refractivity contribution in [1.29, 1.82) is 0 Å². The molecule has 130 valence electrons. The Morgan fingerprint density at radius 3 is 2.26 bits per heavy atom. The molecule has 23 heavy (non-hydrogen) atoms. The number of hydrogen-bond donors (Lipinski definition) is 2. The summed E-state index contributed by atoms with van der Waals surface area (Å²) in [5, 5.41) is 13.3. The minimum Gasteiger partial charge on any atom is -0.497 e. The number of aliphatic hydroxyl groups is 1. The molecule has 0 spiro atoms. The second kappa shape index (κ2) is 10.2. The Morgan fingerprint density at radius 2 is 1.78 bits per heavy atom. The molecular weight excluding hydrogens is 298 g/mol. The van der Waals surface area contributed by atoms with E-state index in [9.17, 15) is 5.11 Å². The number of aliphatic hydroxyl groups excluding tert-OH is 1. The predicted octanol–water partition coefficient (Wildman–Crippen LogP) is 1.93. The lowest BCUT2D eigenvalue weighted by molar-refractivity contribution is -0.111. The number of nitrogens with one attached hydrogen (secondary N) is 1. The van der Waals surface area contributed by atoms with E-state index in [0.717, 1.165) is 5.69 Å². The van der Waals surface area contributed by atoms with Gasteiger partial charge in [-0.25, -0.2) is 0 Å². The monoisotopic (exact) mass is 325 g/mol. The zero-order chi connectivity index (χ0) is 17.2. The molecule has 0 aliphatic heterocycles. The van der Waals surface area contributed by atoms with Crippen LogP contribution >= 0.6 is 0 Å². The molecule has 0 fully saturated rings. The Morgan fingerprint density at radius 1 is 1.13 bits per heavy atom. The van der Waals surface area contributed by atoms with Crippen LogP contribution in [0.3, 0.4) is 0 Å². The Hall–Kier alpha value is -1.60. The van der Waals surface area contributed by atoms with Gasteiger partial charge >= 0.3 is 0 Å². The molecule has 0 aromatic heterocycles.